The summed E-state index contributed by atoms with van der Waals surface area (Å²) in [4.78, 5) is 24.2. The van der Waals surface area contributed by atoms with Crippen molar-refractivity contribution in [3.8, 4) is 0 Å². The number of benzene rings is 1. The van der Waals surface area contributed by atoms with Crippen molar-refractivity contribution in [1.82, 2.24) is 5.32 Å². The predicted octanol–water partition coefficient (Wildman–Crippen LogP) is 4.26. The Bertz CT molecular complexity index is 732. The van der Waals surface area contributed by atoms with Gasteiger partial charge in [-0.3, -0.25) is 4.79 Å². The number of hydrogen-bond acceptors (Lipinski definition) is 5. The monoisotopic (exact) mass is 402 g/mol. The first kappa shape index (κ1) is 21.3. The molecule has 0 atom stereocenters. The first-order valence-corrected chi connectivity index (χ1v) is 10.7. The summed E-state index contributed by atoms with van der Waals surface area (Å²) in [6.45, 7) is 5.55. The molecule has 2 aliphatic carbocycles. The molecule has 0 spiro atoms. The quantitative estimate of drug-likeness (QED) is 0.551. The highest BCUT2D eigenvalue weighted by Gasteiger charge is 2.32. The molecular weight excluding hydrogens is 368 g/mol. The fourth-order valence-corrected chi connectivity index (χ4v) is 3.93. The number of nitrogens with two attached hydrogens (primary N) is 1. The number of amides is 2. The number of rotatable bonds is 5. The minimum Gasteiger partial charge on any atom is -0.444 e. The van der Waals surface area contributed by atoms with Crippen LogP contribution < -0.4 is 21.7 Å². The average Bonchev–Trinajstić information content (AvgIpc) is 2.61. The van der Waals surface area contributed by atoms with Crippen LogP contribution in [0.25, 0.3) is 0 Å². The molecule has 3 rings (SSSR count). The van der Waals surface area contributed by atoms with Gasteiger partial charge in [-0.2, -0.15) is 0 Å². The highest BCUT2D eigenvalue weighted by molar-refractivity contribution is 5.93. The summed E-state index contributed by atoms with van der Waals surface area (Å²) < 4.78 is 5.28. The highest BCUT2D eigenvalue weighted by Crippen LogP contribution is 2.30. The van der Waals surface area contributed by atoms with Crippen LogP contribution in [0.4, 0.5) is 21.9 Å². The maximum atomic E-state index is 12.4. The second-order valence-corrected chi connectivity index (χ2v) is 9.28. The second kappa shape index (κ2) is 8.93. The van der Waals surface area contributed by atoms with Crippen LogP contribution in [-0.2, 0) is 9.53 Å². The number of carbonyl (C=O) groups is 2. The van der Waals surface area contributed by atoms with Gasteiger partial charge in [0.2, 0.25) is 5.91 Å². The molecule has 5 N–H and O–H groups in total. The van der Waals surface area contributed by atoms with Gasteiger partial charge in [-0.25, -0.2) is 4.79 Å². The number of alkyl carbamates (subject to hydrolysis) is 1. The van der Waals surface area contributed by atoms with Crippen LogP contribution >= 0.6 is 0 Å². The van der Waals surface area contributed by atoms with Crippen molar-refractivity contribution in [2.24, 2.45) is 5.92 Å². The average molecular weight is 403 g/mol. The third-order valence-electron chi connectivity index (χ3n) is 5.51. The molecule has 0 radical (unpaired) electrons. The molecule has 0 saturated heterocycles. The van der Waals surface area contributed by atoms with Gasteiger partial charge < -0.3 is 26.4 Å². The van der Waals surface area contributed by atoms with Crippen molar-refractivity contribution in [2.75, 3.05) is 16.4 Å². The fraction of sp³-hybridized carbons (Fsp3) is 0.636. The molecule has 2 saturated carbocycles. The molecule has 0 aliphatic heterocycles. The summed E-state index contributed by atoms with van der Waals surface area (Å²) >= 11 is 0. The van der Waals surface area contributed by atoms with E-state index >= 15 is 0 Å². The summed E-state index contributed by atoms with van der Waals surface area (Å²) in [5.74, 6) is 0.215. The summed E-state index contributed by atoms with van der Waals surface area (Å²) in [5, 5.41) is 9.30. The Morgan fingerprint density at radius 3 is 2.38 bits per heavy atom. The van der Waals surface area contributed by atoms with Crippen molar-refractivity contribution in [2.45, 2.75) is 83.4 Å². The molecule has 0 unspecified atom stereocenters. The molecule has 7 nitrogen and oxygen atoms in total. The Hall–Kier alpha value is -2.44. The van der Waals surface area contributed by atoms with E-state index in [2.05, 4.69) is 16.0 Å². The lowest BCUT2D eigenvalue weighted by Crippen LogP contribution is -2.50. The van der Waals surface area contributed by atoms with Gasteiger partial charge >= 0.3 is 6.09 Å². The van der Waals surface area contributed by atoms with Crippen LogP contribution in [0.1, 0.15) is 65.7 Å². The van der Waals surface area contributed by atoms with E-state index in [4.69, 9.17) is 10.5 Å². The Labute approximate surface area is 173 Å². The van der Waals surface area contributed by atoms with Crippen LogP contribution in [0.15, 0.2) is 18.2 Å². The van der Waals surface area contributed by atoms with Gasteiger partial charge in [-0.15, -0.1) is 0 Å². The van der Waals surface area contributed by atoms with Crippen LogP contribution in [0.5, 0.6) is 0 Å². The highest BCUT2D eigenvalue weighted by atomic mass is 16.6. The van der Waals surface area contributed by atoms with Gasteiger partial charge in [0.1, 0.15) is 5.60 Å². The van der Waals surface area contributed by atoms with Gasteiger partial charge in [0, 0.05) is 23.7 Å². The smallest absolute Gasteiger partial charge is 0.407 e. The van der Waals surface area contributed by atoms with Crippen molar-refractivity contribution in [3.63, 3.8) is 0 Å². The molecule has 7 heteroatoms. The predicted molar refractivity (Wildman–Crippen MR) is 116 cm³/mol. The molecule has 1 aromatic rings. The third kappa shape index (κ3) is 6.27. The number of nitrogen functional groups attached to an aromatic ring is 1. The summed E-state index contributed by atoms with van der Waals surface area (Å²) in [6.07, 6.45) is 6.70. The number of anilines is 3. The van der Waals surface area contributed by atoms with Gasteiger partial charge in [0.05, 0.1) is 11.4 Å². The fourth-order valence-electron chi connectivity index (χ4n) is 3.93. The Balaban J connectivity index is 1.44. The van der Waals surface area contributed by atoms with E-state index in [1.165, 1.54) is 6.42 Å². The molecule has 2 fully saturated rings. The molecule has 29 heavy (non-hydrogen) atoms. The molecule has 0 aromatic heterocycles. The van der Waals surface area contributed by atoms with Crippen LogP contribution in [0.3, 0.4) is 0 Å². The minimum atomic E-state index is -0.492. The molecule has 2 amide bonds. The summed E-state index contributed by atoms with van der Waals surface area (Å²) in [5.41, 5.74) is 7.88. The van der Waals surface area contributed by atoms with E-state index in [1.807, 2.05) is 32.9 Å². The number of hydrogen-bond donors (Lipinski definition) is 4. The van der Waals surface area contributed by atoms with Crippen molar-refractivity contribution >= 4 is 29.1 Å². The normalized spacial score (nSPS) is 22.3. The van der Waals surface area contributed by atoms with E-state index in [0.717, 1.165) is 49.9 Å². The summed E-state index contributed by atoms with van der Waals surface area (Å²) in [6, 6.07) is 5.95. The Morgan fingerprint density at radius 2 is 1.76 bits per heavy atom. The maximum Gasteiger partial charge on any atom is 0.407 e. The topological polar surface area (TPSA) is 105 Å². The van der Waals surface area contributed by atoms with E-state index in [0.29, 0.717) is 5.69 Å². The van der Waals surface area contributed by atoms with Crippen molar-refractivity contribution in [3.05, 3.63) is 18.2 Å². The molecular formula is C22H34N4O3. The van der Waals surface area contributed by atoms with E-state index in [1.54, 1.807) is 6.07 Å². The molecule has 2 aliphatic rings. The largest absolute Gasteiger partial charge is 0.444 e. The summed E-state index contributed by atoms with van der Waals surface area (Å²) in [7, 11) is 0. The van der Waals surface area contributed by atoms with E-state index < -0.39 is 5.60 Å². The SMILES string of the molecule is CC(C)(C)OC(=O)NC1CC(Nc2ccc(NC(=O)C3CCCCC3)cc2N)C1. The zero-order valence-electron chi connectivity index (χ0n) is 17.7. The zero-order chi connectivity index (χ0) is 21.0. The molecule has 0 heterocycles. The standard InChI is InChI=1S/C22H34N4O3/c1-22(2,3)29-21(28)26-17-11-16(12-17)24-19-10-9-15(13-18(19)23)25-20(27)14-7-5-4-6-8-14/h9-10,13-14,16-17,24H,4-8,11-12,23H2,1-3H3,(H,25,27)(H,26,28). The first-order valence-electron chi connectivity index (χ1n) is 10.7. The minimum absolute atomic E-state index is 0.0971. The molecule has 1 aromatic carbocycles. The lowest BCUT2D eigenvalue weighted by molar-refractivity contribution is -0.120. The van der Waals surface area contributed by atoms with Crippen LogP contribution in [-0.4, -0.2) is 29.7 Å². The van der Waals surface area contributed by atoms with Gasteiger partial charge in [-0.05, 0) is 64.7 Å². The van der Waals surface area contributed by atoms with E-state index in [-0.39, 0.29) is 30.0 Å². The lowest BCUT2D eigenvalue weighted by atomic mass is 9.86. The Kier molecular flexibility index (Phi) is 6.55. The first-order chi connectivity index (χ1) is 13.7. The van der Waals surface area contributed by atoms with Gasteiger partial charge in [0.25, 0.3) is 0 Å². The molecule has 0 bridgehead atoms. The lowest BCUT2D eigenvalue weighted by Gasteiger charge is -2.37. The molecule has 160 valence electrons. The second-order valence-electron chi connectivity index (χ2n) is 9.28. The number of nitrogens with one attached hydrogen (secondary N) is 3. The van der Waals surface area contributed by atoms with Crippen molar-refractivity contribution in [1.29, 1.82) is 0 Å². The van der Waals surface area contributed by atoms with Crippen LogP contribution in [0, 0.1) is 5.92 Å². The van der Waals surface area contributed by atoms with Crippen LogP contribution in [0.2, 0.25) is 0 Å². The number of carbonyl (C=O) groups excluding carboxylic acids is 2. The van der Waals surface area contributed by atoms with E-state index in [9.17, 15) is 9.59 Å². The number of ether oxygens (including phenoxy) is 1. The van der Waals surface area contributed by atoms with Crippen molar-refractivity contribution < 1.29 is 14.3 Å². The maximum absolute atomic E-state index is 12.4. The Morgan fingerprint density at radius 1 is 1.07 bits per heavy atom. The third-order valence-corrected chi connectivity index (χ3v) is 5.51. The van der Waals surface area contributed by atoms with Gasteiger partial charge in [0.15, 0.2) is 0 Å². The van der Waals surface area contributed by atoms with Gasteiger partial charge in [-0.1, -0.05) is 19.3 Å². The zero-order valence-corrected chi connectivity index (χ0v) is 17.7.